The van der Waals surface area contributed by atoms with Crippen LogP contribution in [-0.4, -0.2) is 14.5 Å². The largest absolute Gasteiger partial charge is 0.328 e. The van der Waals surface area contributed by atoms with Crippen molar-refractivity contribution in [2.24, 2.45) is 0 Å². The Hall–Kier alpha value is -1.71. The molecule has 0 aliphatic heterocycles. The van der Waals surface area contributed by atoms with Crippen molar-refractivity contribution >= 4 is 0 Å². The van der Waals surface area contributed by atoms with E-state index in [4.69, 9.17) is 0 Å². The molecule has 0 saturated carbocycles. The van der Waals surface area contributed by atoms with Gasteiger partial charge in [0, 0.05) is 18.6 Å². The van der Waals surface area contributed by atoms with Crippen LogP contribution in [0.2, 0.25) is 0 Å². The number of nitrogens with zero attached hydrogens (tertiary/aromatic N) is 3. The minimum atomic E-state index is -0.342. The monoisotopic (exact) mass is 205 g/mol. The van der Waals surface area contributed by atoms with Crippen molar-refractivity contribution in [1.82, 2.24) is 14.5 Å². The zero-order valence-corrected chi connectivity index (χ0v) is 8.68. The summed E-state index contributed by atoms with van der Waals surface area (Å²) in [6.07, 6.45) is 8.14. The predicted octanol–water partition coefficient (Wildman–Crippen LogP) is 2.20. The summed E-state index contributed by atoms with van der Waals surface area (Å²) in [6.45, 7) is 3.98. The molecule has 15 heavy (non-hydrogen) atoms. The number of hydrogen-bond acceptors (Lipinski definition) is 2. The molecule has 2 aromatic rings. The molecule has 0 atom stereocenters. The molecule has 0 aromatic carbocycles. The van der Waals surface area contributed by atoms with Gasteiger partial charge in [0.05, 0.1) is 18.1 Å². The third-order valence-corrected chi connectivity index (χ3v) is 2.56. The van der Waals surface area contributed by atoms with E-state index >= 15 is 0 Å². The van der Waals surface area contributed by atoms with E-state index in [2.05, 4.69) is 9.97 Å². The molecular weight excluding hydrogens is 193 g/mol. The first-order valence-electron chi connectivity index (χ1n) is 4.70. The van der Waals surface area contributed by atoms with E-state index in [0.717, 1.165) is 5.56 Å². The zero-order chi connectivity index (χ0) is 10.9. The lowest BCUT2D eigenvalue weighted by Crippen LogP contribution is -2.26. The second kappa shape index (κ2) is 3.46. The molecule has 2 aromatic heterocycles. The van der Waals surface area contributed by atoms with E-state index in [-0.39, 0.29) is 11.4 Å². The van der Waals surface area contributed by atoms with E-state index in [1.54, 1.807) is 18.7 Å². The average Bonchev–Trinajstić information content (AvgIpc) is 2.71. The van der Waals surface area contributed by atoms with Crippen LogP contribution in [0.4, 0.5) is 4.39 Å². The molecule has 4 heteroatoms. The Kier molecular flexibility index (Phi) is 2.26. The van der Waals surface area contributed by atoms with E-state index in [1.807, 2.05) is 24.6 Å². The quantitative estimate of drug-likeness (QED) is 0.752. The first-order chi connectivity index (χ1) is 7.10. The molecule has 0 aliphatic carbocycles. The lowest BCUT2D eigenvalue weighted by Gasteiger charge is -2.26. The molecule has 0 bridgehead atoms. The molecule has 0 amide bonds. The Morgan fingerprint density at radius 2 is 2.07 bits per heavy atom. The van der Waals surface area contributed by atoms with E-state index in [9.17, 15) is 4.39 Å². The van der Waals surface area contributed by atoms with Crippen molar-refractivity contribution in [3.63, 3.8) is 0 Å². The Labute approximate surface area is 87.6 Å². The van der Waals surface area contributed by atoms with Crippen LogP contribution in [0.25, 0.3) is 0 Å². The highest BCUT2D eigenvalue weighted by molar-refractivity contribution is 5.20. The van der Waals surface area contributed by atoms with Gasteiger partial charge in [0.1, 0.15) is 5.82 Å². The fourth-order valence-electron chi connectivity index (χ4n) is 1.49. The second-order valence-corrected chi connectivity index (χ2v) is 3.92. The Balaban J connectivity index is 2.46. The number of imidazole rings is 1. The van der Waals surface area contributed by atoms with Crippen LogP contribution in [0.15, 0.2) is 37.2 Å². The fourth-order valence-corrected chi connectivity index (χ4v) is 1.49. The van der Waals surface area contributed by atoms with Gasteiger partial charge in [-0.2, -0.15) is 0 Å². The van der Waals surface area contributed by atoms with Gasteiger partial charge < -0.3 is 4.57 Å². The SMILES string of the molecule is CC(C)(c1cncc(F)c1)n1ccnc1. The molecule has 0 spiro atoms. The summed E-state index contributed by atoms with van der Waals surface area (Å²) in [5.74, 6) is -0.319. The van der Waals surface area contributed by atoms with Gasteiger partial charge in [-0.1, -0.05) is 0 Å². The number of hydrogen-bond donors (Lipinski definition) is 0. The van der Waals surface area contributed by atoms with Gasteiger partial charge in [0.25, 0.3) is 0 Å². The van der Waals surface area contributed by atoms with Crippen LogP contribution in [0.3, 0.4) is 0 Å². The van der Waals surface area contributed by atoms with Gasteiger partial charge in [-0.3, -0.25) is 4.98 Å². The van der Waals surface area contributed by atoms with Gasteiger partial charge >= 0.3 is 0 Å². The maximum absolute atomic E-state index is 13.1. The Bertz CT molecular complexity index is 449. The molecular formula is C11H12FN3. The summed E-state index contributed by atoms with van der Waals surface area (Å²) < 4.78 is 15.0. The minimum Gasteiger partial charge on any atom is -0.328 e. The van der Waals surface area contributed by atoms with Crippen LogP contribution < -0.4 is 0 Å². The second-order valence-electron chi connectivity index (χ2n) is 3.92. The van der Waals surface area contributed by atoms with E-state index < -0.39 is 0 Å². The maximum Gasteiger partial charge on any atom is 0.141 e. The Morgan fingerprint density at radius 3 is 2.67 bits per heavy atom. The summed E-state index contributed by atoms with van der Waals surface area (Å²) in [4.78, 5) is 7.84. The normalized spacial score (nSPS) is 11.7. The lowest BCUT2D eigenvalue weighted by atomic mass is 9.96. The van der Waals surface area contributed by atoms with Crippen molar-refractivity contribution in [2.75, 3.05) is 0 Å². The molecule has 3 nitrogen and oxygen atoms in total. The third kappa shape index (κ3) is 1.75. The smallest absolute Gasteiger partial charge is 0.141 e. The van der Waals surface area contributed by atoms with Gasteiger partial charge in [-0.25, -0.2) is 9.37 Å². The zero-order valence-electron chi connectivity index (χ0n) is 8.68. The third-order valence-electron chi connectivity index (χ3n) is 2.56. The van der Waals surface area contributed by atoms with Gasteiger partial charge in [0.15, 0.2) is 0 Å². The van der Waals surface area contributed by atoms with E-state index in [0.29, 0.717) is 0 Å². The molecule has 2 rings (SSSR count). The summed E-state index contributed by atoms with van der Waals surface area (Å²) in [5, 5.41) is 0. The number of pyridine rings is 1. The summed E-state index contributed by atoms with van der Waals surface area (Å²) in [5.41, 5.74) is 0.478. The average molecular weight is 205 g/mol. The van der Waals surface area contributed by atoms with Crippen molar-refractivity contribution in [1.29, 1.82) is 0 Å². The van der Waals surface area contributed by atoms with E-state index in [1.165, 1.54) is 12.3 Å². The molecule has 0 fully saturated rings. The molecule has 0 N–H and O–H groups in total. The van der Waals surface area contributed by atoms with Crippen LogP contribution in [0.1, 0.15) is 19.4 Å². The standard InChI is InChI=1S/C11H12FN3/c1-11(2,15-4-3-13-8-15)9-5-10(12)7-14-6-9/h3-8H,1-2H3. The number of rotatable bonds is 2. The minimum absolute atomic E-state index is 0.319. The Morgan fingerprint density at radius 1 is 1.27 bits per heavy atom. The van der Waals surface area contributed by atoms with Crippen molar-refractivity contribution in [3.05, 3.63) is 48.6 Å². The van der Waals surface area contributed by atoms with Crippen LogP contribution in [-0.2, 0) is 5.54 Å². The molecule has 0 radical (unpaired) electrons. The van der Waals surface area contributed by atoms with Crippen LogP contribution >= 0.6 is 0 Å². The van der Waals surface area contributed by atoms with Crippen molar-refractivity contribution in [2.45, 2.75) is 19.4 Å². The van der Waals surface area contributed by atoms with Gasteiger partial charge in [-0.15, -0.1) is 0 Å². The van der Waals surface area contributed by atoms with Gasteiger partial charge in [0.2, 0.25) is 0 Å². The van der Waals surface area contributed by atoms with Gasteiger partial charge in [-0.05, 0) is 25.5 Å². The summed E-state index contributed by atoms with van der Waals surface area (Å²) >= 11 is 0. The molecule has 0 unspecified atom stereocenters. The first kappa shape index (κ1) is 9.83. The summed E-state index contributed by atoms with van der Waals surface area (Å²) in [6, 6.07) is 1.49. The maximum atomic E-state index is 13.1. The molecule has 0 saturated heterocycles. The molecule has 78 valence electrons. The topological polar surface area (TPSA) is 30.7 Å². The highest BCUT2D eigenvalue weighted by Gasteiger charge is 2.22. The molecule has 2 heterocycles. The number of halogens is 1. The van der Waals surface area contributed by atoms with Crippen LogP contribution in [0, 0.1) is 5.82 Å². The number of aromatic nitrogens is 3. The van der Waals surface area contributed by atoms with Crippen molar-refractivity contribution in [3.8, 4) is 0 Å². The first-order valence-corrected chi connectivity index (χ1v) is 4.70. The summed E-state index contributed by atoms with van der Waals surface area (Å²) in [7, 11) is 0. The van der Waals surface area contributed by atoms with Crippen molar-refractivity contribution < 1.29 is 4.39 Å². The molecule has 0 aliphatic rings. The highest BCUT2D eigenvalue weighted by Crippen LogP contribution is 2.24. The fraction of sp³-hybridized carbons (Fsp3) is 0.273. The lowest BCUT2D eigenvalue weighted by molar-refractivity contribution is 0.430. The highest BCUT2D eigenvalue weighted by atomic mass is 19.1. The predicted molar refractivity (Wildman–Crippen MR) is 54.8 cm³/mol. The van der Waals surface area contributed by atoms with Crippen LogP contribution in [0.5, 0.6) is 0 Å².